The molecule has 2 rings (SSSR count). The Hall–Kier alpha value is -2.04. The first-order valence-electron chi connectivity index (χ1n) is 5.66. The lowest BCUT2D eigenvalue weighted by Gasteiger charge is -2.15. The van der Waals surface area contributed by atoms with Crippen molar-refractivity contribution >= 4 is 11.6 Å². The molecule has 1 atom stereocenters. The van der Waals surface area contributed by atoms with Crippen LogP contribution in [0.25, 0.3) is 0 Å². The van der Waals surface area contributed by atoms with E-state index in [4.69, 9.17) is 0 Å². The van der Waals surface area contributed by atoms with E-state index in [1.54, 1.807) is 6.20 Å². The highest BCUT2D eigenvalue weighted by atomic mass is 15.3. The van der Waals surface area contributed by atoms with Crippen molar-refractivity contribution < 1.29 is 0 Å². The Morgan fingerprint density at radius 1 is 1.29 bits per heavy atom. The number of nitrogens with zero attached hydrogens (tertiary/aromatic N) is 3. The van der Waals surface area contributed by atoms with Crippen LogP contribution < -0.4 is 10.6 Å². The van der Waals surface area contributed by atoms with Crippen molar-refractivity contribution in [2.24, 2.45) is 0 Å². The second-order valence-electron chi connectivity index (χ2n) is 3.93. The van der Waals surface area contributed by atoms with Crippen LogP contribution in [0.2, 0.25) is 0 Å². The Morgan fingerprint density at radius 2 is 2.12 bits per heavy atom. The molecule has 2 aromatic rings. The van der Waals surface area contributed by atoms with Crippen LogP contribution in [0.4, 0.5) is 11.6 Å². The van der Waals surface area contributed by atoms with Gasteiger partial charge in [0.1, 0.15) is 11.6 Å². The van der Waals surface area contributed by atoms with Gasteiger partial charge in [-0.2, -0.15) is 5.10 Å². The molecule has 5 nitrogen and oxygen atoms in total. The average molecular weight is 231 g/mol. The summed E-state index contributed by atoms with van der Waals surface area (Å²) in [4.78, 5) is 4.41. The van der Waals surface area contributed by atoms with Gasteiger partial charge in [0.15, 0.2) is 0 Å². The molecule has 0 saturated heterocycles. The first-order valence-corrected chi connectivity index (χ1v) is 5.66. The maximum Gasteiger partial charge on any atom is 0.128 e. The van der Waals surface area contributed by atoms with Crippen LogP contribution in [0.3, 0.4) is 0 Å². The van der Waals surface area contributed by atoms with Gasteiger partial charge in [-0.15, -0.1) is 0 Å². The monoisotopic (exact) mass is 231 g/mol. The Morgan fingerprint density at radius 3 is 2.82 bits per heavy atom. The summed E-state index contributed by atoms with van der Waals surface area (Å²) in [7, 11) is 1.86. The molecule has 2 heterocycles. The van der Waals surface area contributed by atoms with Crippen molar-refractivity contribution in [3.05, 3.63) is 36.7 Å². The molecule has 5 heteroatoms. The zero-order chi connectivity index (χ0) is 12.1. The van der Waals surface area contributed by atoms with Crippen LogP contribution in [0.1, 0.15) is 6.92 Å². The van der Waals surface area contributed by atoms with Crippen LogP contribution in [-0.4, -0.2) is 27.9 Å². The molecule has 0 aliphatic carbocycles. The molecule has 0 saturated carbocycles. The molecule has 0 aromatic carbocycles. The van der Waals surface area contributed by atoms with Gasteiger partial charge in [-0.05, 0) is 25.1 Å². The Kier molecular flexibility index (Phi) is 3.59. The third kappa shape index (κ3) is 3.21. The van der Waals surface area contributed by atoms with Gasteiger partial charge in [0.25, 0.3) is 0 Å². The molecule has 90 valence electrons. The first kappa shape index (κ1) is 11.4. The summed E-state index contributed by atoms with van der Waals surface area (Å²) in [6, 6.07) is 8.06. The summed E-state index contributed by atoms with van der Waals surface area (Å²) in [6.45, 7) is 2.92. The molecular formula is C12H17N5. The SMILES string of the molecule is CNc1cccc(NC(C)Cn2cccn2)n1. The van der Waals surface area contributed by atoms with E-state index >= 15 is 0 Å². The molecule has 2 N–H and O–H groups in total. The second kappa shape index (κ2) is 5.34. The highest BCUT2D eigenvalue weighted by Crippen LogP contribution is 2.09. The summed E-state index contributed by atoms with van der Waals surface area (Å²) in [6.07, 6.45) is 3.74. The van der Waals surface area contributed by atoms with Crippen LogP contribution in [0.15, 0.2) is 36.7 Å². The van der Waals surface area contributed by atoms with Crippen molar-refractivity contribution in [1.29, 1.82) is 0 Å². The predicted octanol–water partition coefficient (Wildman–Crippen LogP) is 1.82. The van der Waals surface area contributed by atoms with Crippen LogP contribution in [0.5, 0.6) is 0 Å². The summed E-state index contributed by atoms with van der Waals surface area (Å²) < 4.78 is 1.90. The van der Waals surface area contributed by atoms with Gasteiger partial charge in [0, 0.05) is 25.5 Å². The number of hydrogen-bond donors (Lipinski definition) is 2. The van der Waals surface area contributed by atoms with Gasteiger partial charge in [0.2, 0.25) is 0 Å². The van der Waals surface area contributed by atoms with Gasteiger partial charge >= 0.3 is 0 Å². The zero-order valence-electron chi connectivity index (χ0n) is 10.1. The number of aromatic nitrogens is 3. The van der Waals surface area contributed by atoms with E-state index in [-0.39, 0.29) is 6.04 Å². The Bertz CT molecular complexity index is 452. The lowest BCUT2D eigenvalue weighted by Crippen LogP contribution is -2.22. The van der Waals surface area contributed by atoms with E-state index in [9.17, 15) is 0 Å². The first-order chi connectivity index (χ1) is 8.28. The minimum absolute atomic E-state index is 0.273. The Labute approximate surface area is 101 Å². The van der Waals surface area contributed by atoms with Crippen molar-refractivity contribution in [2.75, 3.05) is 17.7 Å². The largest absolute Gasteiger partial charge is 0.373 e. The second-order valence-corrected chi connectivity index (χ2v) is 3.93. The summed E-state index contributed by atoms with van der Waals surface area (Å²) >= 11 is 0. The van der Waals surface area contributed by atoms with Gasteiger partial charge < -0.3 is 10.6 Å². The van der Waals surface area contributed by atoms with E-state index in [2.05, 4.69) is 27.6 Å². The van der Waals surface area contributed by atoms with E-state index in [0.717, 1.165) is 18.2 Å². The molecule has 17 heavy (non-hydrogen) atoms. The standard InChI is InChI=1S/C12H17N5/c1-10(9-17-8-4-7-14-17)15-12-6-3-5-11(13-2)16-12/h3-8,10H,9H2,1-2H3,(H2,13,15,16). The van der Waals surface area contributed by atoms with Crippen molar-refractivity contribution in [3.8, 4) is 0 Å². The molecule has 0 fully saturated rings. The normalized spacial score (nSPS) is 12.1. The molecule has 0 bridgehead atoms. The van der Waals surface area contributed by atoms with Crippen molar-refractivity contribution in [2.45, 2.75) is 19.5 Å². The molecular weight excluding hydrogens is 214 g/mol. The molecule has 0 aliphatic rings. The van der Waals surface area contributed by atoms with Crippen LogP contribution in [-0.2, 0) is 6.54 Å². The lowest BCUT2D eigenvalue weighted by atomic mass is 10.3. The summed E-state index contributed by atoms with van der Waals surface area (Å²) in [5.41, 5.74) is 0. The fourth-order valence-electron chi connectivity index (χ4n) is 1.64. The summed E-state index contributed by atoms with van der Waals surface area (Å²) in [5.74, 6) is 1.73. The predicted molar refractivity (Wildman–Crippen MR) is 69.1 cm³/mol. The van der Waals surface area contributed by atoms with Crippen molar-refractivity contribution in [3.63, 3.8) is 0 Å². The van der Waals surface area contributed by atoms with Gasteiger partial charge in [-0.3, -0.25) is 4.68 Å². The highest BCUT2D eigenvalue weighted by Gasteiger charge is 2.04. The molecule has 0 amide bonds. The van der Waals surface area contributed by atoms with Gasteiger partial charge in [-0.25, -0.2) is 4.98 Å². The fourth-order valence-corrected chi connectivity index (χ4v) is 1.64. The molecule has 1 unspecified atom stereocenters. The smallest absolute Gasteiger partial charge is 0.128 e. The van der Waals surface area contributed by atoms with Gasteiger partial charge in [-0.1, -0.05) is 6.07 Å². The van der Waals surface area contributed by atoms with E-state index < -0.39 is 0 Å². The van der Waals surface area contributed by atoms with E-state index in [1.165, 1.54) is 0 Å². The number of hydrogen-bond acceptors (Lipinski definition) is 4. The third-order valence-corrected chi connectivity index (χ3v) is 2.42. The minimum Gasteiger partial charge on any atom is -0.373 e. The van der Waals surface area contributed by atoms with E-state index in [1.807, 2.05) is 42.2 Å². The topological polar surface area (TPSA) is 54.8 Å². The fraction of sp³-hybridized carbons (Fsp3) is 0.333. The quantitative estimate of drug-likeness (QED) is 0.824. The number of pyridine rings is 1. The zero-order valence-corrected chi connectivity index (χ0v) is 10.1. The number of anilines is 2. The average Bonchev–Trinajstić information content (AvgIpc) is 2.82. The lowest BCUT2D eigenvalue weighted by molar-refractivity contribution is 0.560. The Balaban J connectivity index is 1.95. The number of rotatable bonds is 5. The van der Waals surface area contributed by atoms with Gasteiger partial charge in [0.05, 0.1) is 6.54 Å². The molecule has 0 spiro atoms. The number of nitrogens with one attached hydrogen (secondary N) is 2. The maximum atomic E-state index is 4.41. The highest BCUT2D eigenvalue weighted by molar-refractivity contribution is 5.45. The molecule has 0 aliphatic heterocycles. The summed E-state index contributed by atoms with van der Waals surface area (Å²) in [5, 5.41) is 10.5. The van der Waals surface area contributed by atoms with Crippen molar-refractivity contribution in [1.82, 2.24) is 14.8 Å². The minimum atomic E-state index is 0.273. The van der Waals surface area contributed by atoms with E-state index in [0.29, 0.717) is 0 Å². The van der Waals surface area contributed by atoms with Crippen LogP contribution >= 0.6 is 0 Å². The molecule has 0 radical (unpaired) electrons. The van der Waals surface area contributed by atoms with Crippen LogP contribution in [0, 0.1) is 0 Å². The third-order valence-electron chi connectivity index (χ3n) is 2.42. The molecule has 2 aromatic heterocycles. The maximum absolute atomic E-state index is 4.41.